The van der Waals surface area contributed by atoms with E-state index in [2.05, 4.69) is 5.32 Å². The van der Waals surface area contributed by atoms with E-state index < -0.39 is 12.0 Å². The summed E-state index contributed by atoms with van der Waals surface area (Å²) in [6.45, 7) is 3.01. The molecule has 1 aliphatic heterocycles. The highest BCUT2D eigenvalue weighted by atomic mass is 16.5. The molecule has 7 heteroatoms. The Morgan fingerprint density at radius 3 is 2.71 bits per heavy atom. The number of carbonyl (C=O) groups excluding carboxylic acids is 2. The molecule has 1 heterocycles. The number of carbonyl (C=O) groups is 3. The van der Waals surface area contributed by atoms with Gasteiger partial charge in [0, 0.05) is 19.5 Å². The second-order valence-electron chi connectivity index (χ2n) is 5.04. The summed E-state index contributed by atoms with van der Waals surface area (Å²) in [5, 5.41) is 11.3. The average molecular weight is 300 g/mol. The van der Waals surface area contributed by atoms with Gasteiger partial charge in [-0.15, -0.1) is 0 Å². The van der Waals surface area contributed by atoms with Crippen molar-refractivity contribution in [1.29, 1.82) is 0 Å². The van der Waals surface area contributed by atoms with Crippen LogP contribution in [0, 0.1) is 0 Å². The van der Waals surface area contributed by atoms with Crippen LogP contribution in [0.15, 0.2) is 0 Å². The molecule has 2 amide bonds. The fraction of sp³-hybridized carbons (Fsp3) is 0.786. The zero-order chi connectivity index (χ0) is 15.7. The fourth-order valence-electron chi connectivity index (χ4n) is 2.36. The maximum Gasteiger partial charge on any atom is 0.328 e. The summed E-state index contributed by atoms with van der Waals surface area (Å²) in [5.41, 5.74) is 0. The second kappa shape index (κ2) is 9.20. The van der Waals surface area contributed by atoms with E-state index in [4.69, 9.17) is 9.84 Å². The number of aliphatic carboxylic acids is 1. The SMILES string of the molecule is CCOC(=O)C1CCCCN1C(=O)NCCCCC(=O)O. The van der Waals surface area contributed by atoms with Crippen LogP contribution in [-0.4, -0.2) is 53.7 Å². The van der Waals surface area contributed by atoms with Gasteiger partial charge in [0.1, 0.15) is 6.04 Å². The third-order valence-electron chi connectivity index (χ3n) is 3.42. The summed E-state index contributed by atoms with van der Waals surface area (Å²) in [6, 6.07) is -0.777. The number of likely N-dealkylation sites (tertiary alicyclic amines) is 1. The lowest BCUT2D eigenvalue weighted by atomic mass is 10.0. The second-order valence-corrected chi connectivity index (χ2v) is 5.04. The molecule has 1 unspecified atom stereocenters. The molecule has 120 valence electrons. The van der Waals surface area contributed by atoms with Crippen molar-refractivity contribution >= 4 is 18.0 Å². The summed E-state index contributed by atoms with van der Waals surface area (Å²) in [7, 11) is 0. The lowest BCUT2D eigenvalue weighted by Crippen LogP contribution is -2.52. The molecule has 7 nitrogen and oxygen atoms in total. The summed E-state index contributed by atoms with van der Waals surface area (Å²) >= 11 is 0. The maximum absolute atomic E-state index is 12.1. The van der Waals surface area contributed by atoms with Crippen LogP contribution >= 0.6 is 0 Å². The Kier molecular flexibility index (Phi) is 7.56. The molecule has 2 N–H and O–H groups in total. The number of hydrogen-bond acceptors (Lipinski definition) is 4. The van der Waals surface area contributed by atoms with Crippen LogP contribution in [0.3, 0.4) is 0 Å². The Morgan fingerprint density at radius 2 is 2.05 bits per heavy atom. The number of esters is 1. The van der Waals surface area contributed by atoms with Crippen LogP contribution in [-0.2, 0) is 14.3 Å². The maximum atomic E-state index is 12.1. The number of unbranched alkanes of at least 4 members (excludes halogenated alkanes) is 1. The Balaban J connectivity index is 2.38. The standard InChI is InChI=1S/C14H24N2O5/c1-2-21-13(19)11-7-4-6-10-16(11)14(20)15-9-5-3-8-12(17)18/h11H,2-10H2,1H3,(H,15,20)(H,17,18). The monoisotopic (exact) mass is 300 g/mol. The predicted molar refractivity (Wildman–Crippen MR) is 75.9 cm³/mol. The third-order valence-corrected chi connectivity index (χ3v) is 3.42. The normalized spacial score (nSPS) is 18.1. The van der Waals surface area contributed by atoms with Gasteiger partial charge >= 0.3 is 18.0 Å². The van der Waals surface area contributed by atoms with Crippen molar-refractivity contribution in [1.82, 2.24) is 10.2 Å². The molecular weight excluding hydrogens is 276 g/mol. The molecule has 1 saturated heterocycles. The molecule has 1 atom stereocenters. The number of ether oxygens (including phenoxy) is 1. The highest BCUT2D eigenvalue weighted by Gasteiger charge is 2.32. The molecule has 0 bridgehead atoms. The van der Waals surface area contributed by atoms with Crippen molar-refractivity contribution in [3.8, 4) is 0 Å². The Labute approximate surface area is 124 Å². The van der Waals surface area contributed by atoms with Crippen molar-refractivity contribution in [2.45, 2.75) is 51.5 Å². The van der Waals surface area contributed by atoms with Gasteiger partial charge in [0.2, 0.25) is 0 Å². The number of nitrogens with one attached hydrogen (secondary N) is 1. The first-order valence-corrected chi connectivity index (χ1v) is 7.49. The molecule has 21 heavy (non-hydrogen) atoms. The van der Waals surface area contributed by atoms with Crippen molar-refractivity contribution in [2.24, 2.45) is 0 Å². The van der Waals surface area contributed by atoms with Gasteiger partial charge in [-0.3, -0.25) is 4.79 Å². The molecule has 1 aliphatic rings. The van der Waals surface area contributed by atoms with E-state index in [1.807, 2.05) is 0 Å². The van der Waals surface area contributed by atoms with Crippen molar-refractivity contribution in [3.63, 3.8) is 0 Å². The number of nitrogens with zero attached hydrogens (tertiary/aromatic N) is 1. The molecular formula is C14H24N2O5. The van der Waals surface area contributed by atoms with E-state index in [0.29, 0.717) is 39.0 Å². The van der Waals surface area contributed by atoms with Crippen LogP contribution < -0.4 is 5.32 Å². The van der Waals surface area contributed by atoms with Gasteiger partial charge in [0.05, 0.1) is 6.61 Å². The third kappa shape index (κ3) is 6.01. The van der Waals surface area contributed by atoms with Crippen LogP contribution in [0.5, 0.6) is 0 Å². The molecule has 0 saturated carbocycles. The van der Waals surface area contributed by atoms with E-state index in [1.165, 1.54) is 4.90 Å². The Bertz CT molecular complexity index is 372. The minimum absolute atomic E-state index is 0.102. The number of piperidine rings is 1. The molecule has 0 aromatic rings. The number of urea groups is 1. The minimum atomic E-state index is -0.834. The molecule has 0 aliphatic carbocycles. The number of amides is 2. The first kappa shape index (κ1) is 17.3. The Hall–Kier alpha value is -1.79. The number of hydrogen-bond donors (Lipinski definition) is 2. The smallest absolute Gasteiger partial charge is 0.328 e. The summed E-state index contributed by atoms with van der Waals surface area (Å²) in [6.07, 6.45) is 3.65. The largest absolute Gasteiger partial charge is 0.481 e. The first-order chi connectivity index (χ1) is 10.1. The number of rotatable bonds is 7. The van der Waals surface area contributed by atoms with Gasteiger partial charge < -0.3 is 20.1 Å². The van der Waals surface area contributed by atoms with Gasteiger partial charge in [-0.2, -0.15) is 0 Å². The molecule has 0 aromatic heterocycles. The van der Waals surface area contributed by atoms with Crippen LogP contribution in [0.25, 0.3) is 0 Å². The van der Waals surface area contributed by atoms with Gasteiger partial charge in [0.15, 0.2) is 0 Å². The summed E-state index contributed by atoms with van der Waals surface area (Å²) in [4.78, 5) is 35.9. The van der Waals surface area contributed by atoms with Gasteiger partial charge in [-0.1, -0.05) is 0 Å². The van der Waals surface area contributed by atoms with E-state index >= 15 is 0 Å². The van der Waals surface area contributed by atoms with Crippen molar-refractivity contribution in [3.05, 3.63) is 0 Å². The molecule has 0 aromatic carbocycles. The van der Waals surface area contributed by atoms with Gasteiger partial charge in [-0.25, -0.2) is 9.59 Å². The fourth-order valence-corrected chi connectivity index (χ4v) is 2.36. The molecule has 1 fully saturated rings. The topological polar surface area (TPSA) is 95.9 Å². The average Bonchev–Trinajstić information content (AvgIpc) is 2.46. The lowest BCUT2D eigenvalue weighted by Gasteiger charge is -2.33. The van der Waals surface area contributed by atoms with E-state index in [1.54, 1.807) is 6.92 Å². The highest BCUT2D eigenvalue weighted by Crippen LogP contribution is 2.18. The summed E-state index contributed by atoms with van der Waals surface area (Å²) in [5.74, 6) is -1.18. The molecule has 1 rings (SSSR count). The Morgan fingerprint density at radius 1 is 1.29 bits per heavy atom. The molecule has 0 radical (unpaired) electrons. The highest BCUT2D eigenvalue weighted by molar-refractivity contribution is 5.83. The van der Waals surface area contributed by atoms with Crippen molar-refractivity contribution in [2.75, 3.05) is 19.7 Å². The summed E-state index contributed by atoms with van der Waals surface area (Å²) < 4.78 is 5.01. The lowest BCUT2D eigenvalue weighted by molar-refractivity contribution is -0.149. The predicted octanol–water partition coefficient (Wildman–Crippen LogP) is 1.37. The van der Waals surface area contributed by atoms with Crippen LogP contribution in [0.1, 0.15) is 45.4 Å². The van der Waals surface area contributed by atoms with Gasteiger partial charge in [0.25, 0.3) is 0 Å². The minimum Gasteiger partial charge on any atom is -0.481 e. The van der Waals surface area contributed by atoms with E-state index in [-0.39, 0.29) is 18.4 Å². The molecule has 0 spiro atoms. The van der Waals surface area contributed by atoms with Crippen LogP contribution in [0.2, 0.25) is 0 Å². The van der Waals surface area contributed by atoms with E-state index in [9.17, 15) is 14.4 Å². The quantitative estimate of drug-likeness (QED) is 0.547. The van der Waals surface area contributed by atoms with E-state index in [0.717, 1.165) is 12.8 Å². The van der Waals surface area contributed by atoms with Crippen LogP contribution in [0.4, 0.5) is 4.79 Å². The van der Waals surface area contributed by atoms with Gasteiger partial charge in [-0.05, 0) is 39.0 Å². The van der Waals surface area contributed by atoms with Crippen molar-refractivity contribution < 1.29 is 24.2 Å². The zero-order valence-corrected chi connectivity index (χ0v) is 12.5. The number of carboxylic acid groups (broad SMARTS) is 1. The zero-order valence-electron chi connectivity index (χ0n) is 12.5. The first-order valence-electron chi connectivity index (χ1n) is 7.49. The number of carboxylic acids is 1.